The first-order valence-electron chi connectivity index (χ1n) is 9.84. The lowest BCUT2D eigenvalue weighted by atomic mass is 9.96. The molecule has 152 valence electrons. The van der Waals surface area contributed by atoms with Crippen molar-refractivity contribution in [1.82, 2.24) is 24.9 Å². The summed E-state index contributed by atoms with van der Waals surface area (Å²) in [5.74, 6) is 2.51. The summed E-state index contributed by atoms with van der Waals surface area (Å²) in [6.45, 7) is 9.10. The summed E-state index contributed by atoms with van der Waals surface area (Å²) in [4.78, 5) is 16.7. The van der Waals surface area contributed by atoms with Crippen LogP contribution in [0.1, 0.15) is 52.3 Å². The quantitative estimate of drug-likeness (QED) is 0.693. The van der Waals surface area contributed by atoms with Crippen molar-refractivity contribution >= 4 is 29.2 Å². The van der Waals surface area contributed by atoms with E-state index in [4.69, 9.17) is 9.72 Å². The van der Waals surface area contributed by atoms with Gasteiger partial charge in [-0.25, -0.2) is 4.98 Å². The summed E-state index contributed by atoms with van der Waals surface area (Å²) in [6, 6.07) is 0. The number of hydrogen-bond donors (Lipinski definition) is 2. The van der Waals surface area contributed by atoms with Crippen molar-refractivity contribution in [3.8, 4) is 0 Å². The smallest absolute Gasteiger partial charge is 0.225 e. The van der Waals surface area contributed by atoms with E-state index >= 15 is 0 Å². The standard InChI is InChI=1S/C20H30N6O2/c1-13-24-25-18-17(21-11-6-7-12-22-19(27)20(2,3)4)23-16-14(26(13)18)9-8-10-15(16)28-5/h9H,6-8,10-12H2,1-5H3,(H,21,23)(H,22,27). The molecule has 0 saturated heterocycles. The maximum atomic E-state index is 11.9. The van der Waals surface area contributed by atoms with Gasteiger partial charge in [0.15, 0.2) is 5.82 Å². The van der Waals surface area contributed by atoms with Crippen LogP contribution >= 0.6 is 0 Å². The first-order chi connectivity index (χ1) is 13.3. The summed E-state index contributed by atoms with van der Waals surface area (Å²) in [5.41, 5.74) is 0.376. The van der Waals surface area contributed by atoms with E-state index in [1.165, 1.54) is 0 Å². The van der Waals surface area contributed by atoms with Gasteiger partial charge in [-0.2, -0.15) is 0 Å². The molecular formula is C20H30N6O2. The number of hydrogen-bond acceptors (Lipinski definition) is 6. The SMILES string of the molecule is COC1=c2nc(NCCCCNC(=O)C(C)(C)C)c3nnc(C)n3c2=CCC1. The van der Waals surface area contributed by atoms with Crippen LogP contribution in [0.4, 0.5) is 5.82 Å². The molecular weight excluding hydrogens is 356 g/mol. The van der Waals surface area contributed by atoms with Gasteiger partial charge >= 0.3 is 0 Å². The molecule has 0 saturated carbocycles. The fourth-order valence-corrected chi connectivity index (χ4v) is 3.22. The maximum Gasteiger partial charge on any atom is 0.225 e. The zero-order valence-corrected chi connectivity index (χ0v) is 17.4. The summed E-state index contributed by atoms with van der Waals surface area (Å²) >= 11 is 0. The molecule has 2 N–H and O–H groups in total. The van der Waals surface area contributed by atoms with Crippen LogP contribution in [0.15, 0.2) is 0 Å². The zero-order chi connectivity index (χ0) is 20.3. The Morgan fingerprint density at radius 1 is 1.25 bits per heavy atom. The van der Waals surface area contributed by atoms with Crippen molar-refractivity contribution in [2.75, 3.05) is 25.5 Å². The van der Waals surface area contributed by atoms with Gasteiger partial charge in [0.2, 0.25) is 11.6 Å². The van der Waals surface area contributed by atoms with Gasteiger partial charge in [0.05, 0.1) is 12.5 Å². The number of anilines is 1. The number of fused-ring (bicyclic) bond motifs is 3. The Bertz CT molecular complexity index is 987. The van der Waals surface area contributed by atoms with Crippen molar-refractivity contribution in [2.24, 2.45) is 5.41 Å². The molecule has 2 aromatic rings. The number of aryl methyl sites for hydroxylation is 1. The highest BCUT2D eigenvalue weighted by atomic mass is 16.5. The maximum absolute atomic E-state index is 11.9. The molecule has 8 nitrogen and oxygen atoms in total. The number of ether oxygens (including phenoxy) is 1. The molecule has 3 rings (SSSR count). The van der Waals surface area contributed by atoms with E-state index in [1.807, 2.05) is 32.1 Å². The molecule has 2 aromatic heterocycles. The number of nitrogens with zero attached hydrogens (tertiary/aromatic N) is 4. The third-order valence-corrected chi connectivity index (χ3v) is 4.83. The summed E-state index contributed by atoms with van der Waals surface area (Å²) in [5, 5.41) is 16.7. The molecule has 0 unspecified atom stereocenters. The van der Waals surface area contributed by atoms with Crippen molar-refractivity contribution in [1.29, 1.82) is 0 Å². The largest absolute Gasteiger partial charge is 0.499 e. The fourth-order valence-electron chi connectivity index (χ4n) is 3.22. The van der Waals surface area contributed by atoms with Crippen LogP contribution in [0.25, 0.3) is 17.5 Å². The lowest BCUT2D eigenvalue weighted by molar-refractivity contribution is -0.128. The average molecular weight is 387 g/mol. The molecule has 1 aliphatic rings. The highest BCUT2D eigenvalue weighted by Crippen LogP contribution is 2.14. The van der Waals surface area contributed by atoms with Gasteiger partial charge in [0.1, 0.15) is 16.9 Å². The number of rotatable bonds is 7. The van der Waals surface area contributed by atoms with Gasteiger partial charge in [-0.3, -0.25) is 9.20 Å². The predicted molar refractivity (Wildman–Crippen MR) is 109 cm³/mol. The number of carbonyl (C=O) groups is 1. The van der Waals surface area contributed by atoms with Crippen LogP contribution in [-0.4, -0.2) is 45.7 Å². The molecule has 28 heavy (non-hydrogen) atoms. The molecule has 0 atom stereocenters. The zero-order valence-electron chi connectivity index (χ0n) is 17.4. The molecule has 0 aliphatic heterocycles. The van der Waals surface area contributed by atoms with E-state index in [9.17, 15) is 4.79 Å². The van der Waals surface area contributed by atoms with Gasteiger partial charge in [-0.1, -0.05) is 26.8 Å². The van der Waals surface area contributed by atoms with Gasteiger partial charge in [0.25, 0.3) is 0 Å². The van der Waals surface area contributed by atoms with E-state index in [1.54, 1.807) is 7.11 Å². The average Bonchev–Trinajstić information content (AvgIpc) is 3.05. The number of carbonyl (C=O) groups excluding carboxylic acids is 1. The Balaban J connectivity index is 1.71. The topological polar surface area (TPSA) is 93.4 Å². The van der Waals surface area contributed by atoms with Crippen molar-refractivity contribution in [3.05, 3.63) is 16.5 Å². The molecule has 2 heterocycles. The minimum absolute atomic E-state index is 0.0799. The number of nitrogens with one attached hydrogen (secondary N) is 2. The summed E-state index contributed by atoms with van der Waals surface area (Å²) in [6.07, 6.45) is 5.73. The summed E-state index contributed by atoms with van der Waals surface area (Å²) < 4.78 is 7.59. The second kappa shape index (κ2) is 8.16. The lowest BCUT2D eigenvalue weighted by Gasteiger charge is -2.17. The molecule has 1 amide bonds. The van der Waals surface area contributed by atoms with Gasteiger partial charge in [-0.05, 0) is 26.2 Å². The lowest BCUT2D eigenvalue weighted by Crippen LogP contribution is -2.40. The molecule has 8 heteroatoms. The van der Waals surface area contributed by atoms with Crippen LogP contribution in [0.5, 0.6) is 0 Å². The number of methoxy groups -OCH3 is 1. The third-order valence-electron chi connectivity index (χ3n) is 4.83. The van der Waals surface area contributed by atoms with Crippen LogP contribution in [-0.2, 0) is 9.53 Å². The van der Waals surface area contributed by atoms with Crippen molar-refractivity contribution in [3.63, 3.8) is 0 Å². The third kappa shape index (κ3) is 4.10. The van der Waals surface area contributed by atoms with E-state index in [0.717, 1.165) is 60.2 Å². The number of aromatic nitrogens is 4. The Morgan fingerprint density at radius 2 is 2.00 bits per heavy atom. The highest BCUT2D eigenvalue weighted by Gasteiger charge is 2.20. The second-order valence-corrected chi connectivity index (χ2v) is 8.11. The second-order valence-electron chi connectivity index (χ2n) is 8.11. The molecule has 0 spiro atoms. The van der Waals surface area contributed by atoms with Gasteiger partial charge in [0, 0.05) is 24.9 Å². The molecule has 1 aliphatic carbocycles. The molecule has 0 bridgehead atoms. The first kappa shape index (κ1) is 20.1. The monoisotopic (exact) mass is 386 g/mol. The van der Waals surface area contributed by atoms with Crippen LogP contribution in [0.3, 0.4) is 0 Å². The number of amides is 1. The minimum atomic E-state index is -0.352. The van der Waals surface area contributed by atoms with Crippen LogP contribution < -0.4 is 21.3 Å². The Labute approximate surface area is 165 Å². The van der Waals surface area contributed by atoms with E-state index < -0.39 is 0 Å². The predicted octanol–water partition coefficient (Wildman–Crippen LogP) is 1.12. The molecule has 0 fully saturated rings. The Morgan fingerprint density at radius 3 is 2.71 bits per heavy atom. The fraction of sp³-hybridized carbons (Fsp3) is 0.600. The van der Waals surface area contributed by atoms with E-state index in [0.29, 0.717) is 12.4 Å². The highest BCUT2D eigenvalue weighted by molar-refractivity contribution is 5.81. The molecule has 0 aromatic carbocycles. The summed E-state index contributed by atoms with van der Waals surface area (Å²) in [7, 11) is 1.69. The van der Waals surface area contributed by atoms with Crippen LogP contribution in [0.2, 0.25) is 0 Å². The molecule has 0 radical (unpaired) electrons. The number of unbranched alkanes of at least 4 members (excludes halogenated alkanes) is 1. The Hall–Kier alpha value is -2.64. The van der Waals surface area contributed by atoms with Crippen LogP contribution in [0, 0.1) is 12.3 Å². The van der Waals surface area contributed by atoms with Crippen molar-refractivity contribution in [2.45, 2.75) is 53.4 Å². The van der Waals surface area contributed by atoms with E-state index in [2.05, 4.69) is 26.9 Å². The first-order valence-corrected chi connectivity index (χ1v) is 9.84. The van der Waals surface area contributed by atoms with E-state index in [-0.39, 0.29) is 11.3 Å². The Kier molecular flexibility index (Phi) is 5.86. The van der Waals surface area contributed by atoms with Crippen molar-refractivity contribution < 1.29 is 9.53 Å². The minimum Gasteiger partial charge on any atom is -0.499 e. The normalized spacial score (nSPS) is 13.8. The van der Waals surface area contributed by atoms with Gasteiger partial charge in [-0.15, -0.1) is 10.2 Å². The van der Waals surface area contributed by atoms with Gasteiger partial charge < -0.3 is 15.4 Å².